The molecule has 25 heavy (non-hydrogen) atoms. The Hall–Kier alpha value is -1.92. The van der Waals surface area contributed by atoms with Gasteiger partial charge in [-0.1, -0.05) is 17.7 Å². The Bertz CT molecular complexity index is 668. The highest BCUT2D eigenvalue weighted by Gasteiger charge is 2.51. The van der Waals surface area contributed by atoms with E-state index in [1.807, 2.05) is 61.9 Å². The summed E-state index contributed by atoms with van der Waals surface area (Å²) in [5.74, 6) is 0.0413. The van der Waals surface area contributed by atoms with Gasteiger partial charge in [0.05, 0.1) is 19.7 Å². The SMILES string of the molecule is Cc1cccc(C(=O)N2CC3(C2)CN(C)[C@H](C(=O)NC(C)C)CO3)c1. The first kappa shape index (κ1) is 17.9. The summed E-state index contributed by atoms with van der Waals surface area (Å²) in [6, 6.07) is 7.49. The van der Waals surface area contributed by atoms with Crippen molar-refractivity contribution in [1.29, 1.82) is 0 Å². The first-order valence-electron chi connectivity index (χ1n) is 8.80. The van der Waals surface area contributed by atoms with Gasteiger partial charge in [-0.15, -0.1) is 0 Å². The number of morpholine rings is 1. The van der Waals surface area contributed by atoms with E-state index in [-0.39, 0.29) is 29.5 Å². The third-order valence-electron chi connectivity index (χ3n) is 4.86. The van der Waals surface area contributed by atoms with Crippen LogP contribution in [0, 0.1) is 6.92 Å². The molecule has 0 aliphatic carbocycles. The Labute approximate surface area is 149 Å². The van der Waals surface area contributed by atoms with Crippen LogP contribution < -0.4 is 5.32 Å². The fourth-order valence-corrected chi connectivity index (χ4v) is 3.59. The van der Waals surface area contributed by atoms with E-state index >= 15 is 0 Å². The van der Waals surface area contributed by atoms with Crippen LogP contribution in [0.2, 0.25) is 0 Å². The second-order valence-corrected chi connectivity index (χ2v) is 7.62. The van der Waals surface area contributed by atoms with E-state index < -0.39 is 0 Å². The summed E-state index contributed by atoms with van der Waals surface area (Å²) in [4.78, 5) is 28.7. The molecular weight excluding hydrogens is 318 g/mol. The summed E-state index contributed by atoms with van der Waals surface area (Å²) in [5.41, 5.74) is 1.45. The van der Waals surface area contributed by atoms with E-state index in [0.717, 1.165) is 5.56 Å². The van der Waals surface area contributed by atoms with Crippen molar-refractivity contribution in [3.8, 4) is 0 Å². The zero-order valence-corrected chi connectivity index (χ0v) is 15.4. The Morgan fingerprint density at radius 1 is 1.28 bits per heavy atom. The third kappa shape index (κ3) is 3.70. The molecule has 2 heterocycles. The number of carbonyl (C=O) groups is 2. The molecule has 1 atom stereocenters. The van der Waals surface area contributed by atoms with Gasteiger partial charge in [0, 0.05) is 18.2 Å². The first-order valence-corrected chi connectivity index (χ1v) is 8.80. The number of likely N-dealkylation sites (N-methyl/N-ethyl adjacent to an activating group) is 1. The van der Waals surface area contributed by atoms with Gasteiger partial charge in [-0.05, 0) is 40.0 Å². The quantitative estimate of drug-likeness (QED) is 0.889. The van der Waals surface area contributed by atoms with Crippen LogP contribution in [-0.2, 0) is 9.53 Å². The maximum absolute atomic E-state index is 12.6. The minimum Gasteiger partial charge on any atom is -0.368 e. The molecule has 6 heteroatoms. The zero-order chi connectivity index (χ0) is 18.2. The number of ether oxygens (including phenoxy) is 1. The molecule has 1 aromatic carbocycles. The smallest absolute Gasteiger partial charge is 0.254 e. The van der Waals surface area contributed by atoms with Crippen molar-refractivity contribution < 1.29 is 14.3 Å². The Morgan fingerprint density at radius 2 is 2.00 bits per heavy atom. The van der Waals surface area contributed by atoms with Crippen molar-refractivity contribution in [3.05, 3.63) is 35.4 Å². The highest BCUT2D eigenvalue weighted by atomic mass is 16.5. The van der Waals surface area contributed by atoms with Gasteiger partial charge >= 0.3 is 0 Å². The van der Waals surface area contributed by atoms with E-state index in [9.17, 15) is 9.59 Å². The van der Waals surface area contributed by atoms with E-state index in [4.69, 9.17) is 4.74 Å². The van der Waals surface area contributed by atoms with Crippen molar-refractivity contribution in [2.24, 2.45) is 0 Å². The minimum absolute atomic E-state index is 0.000586. The lowest BCUT2D eigenvalue weighted by Gasteiger charge is -2.54. The number of benzene rings is 1. The molecule has 0 radical (unpaired) electrons. The number of nitrogens with one attached hydrogen (secondary N) is 1. The molecule has 1 N–H and O–H groups in total. The fraction of sp³-hybridized carbons (Fsp3) is 0.579. The summed E-state index contributed by atoms with van der Waals surface area (Å²) in [6.07, 6.45) is 0. The second-order valence-electron chi connectivity index (χ2n) is 7.62. The van der Waals surface area contributed by atoms with Gasteiger partial charge in [0.2, 0.25) is 5.91 Å². The van der Waals surface area contributed by atoms with Crippen LogP contribution in [-0.4, -0.2) is 72.6 Å². The number of aryl methyl sites for hydroxylation is 1. The summed E-state index contributed by atoms with van der Waals surface area (Å²) < 4.78 is 6.03. The van der Waals surface area contributed by atoms with Gasteiger partial charge in [0.15, 0.2) is 0 Å². The van der Waals surface area contributed by atoms with Gasteiger partial charge in [-0.3, -0.25) is 14.5 Å². The van der Waals surface area contributed by atoms with E-state index in [1.54, 1.807) is 0 Å². The lowest BCUT2D eigenvalue weighted by Crippen LogP contribution is -2.73. The van der Waals surface area contributed by atoms with Crippen molar-refractivity contribution in [1.82, 2.24) is 15.1 Å². The Balaban J connectivity index is 1.57. The predicted octanol–water partition coefficient (Wildman–Crippen LogP) is 1.04. The maximum atomic E-state index is 12.6. The van der Waals surface area contributed by atoms with Gasteiger partial charge in [0.25, 0.3) is 5.91 Å². The normalized spacial score (nSPS) is 22.8. The molecule has 0 bridgehead atoms. The topological polar surface area (TPSA) is 61.9 Å². The number of amides is 2. The molecule has 0 unspecified atom stereocenters. The van der Waals surface area contributed by atoms with E-state index in [1.165, 1.54) is 0 Å². The van der Waals surface area contributed by atoms with Gasteiger partial charge in [0.1, 0.15) is 11.6 Å². The highest BCUT2D eigenvalue weighted by Crippen LogP contribution is 2.31. The first-order chi connectivity index (χ1) is 11.8. The van der Waals surface area contributed by atoms with Crippen LogP contribution in [0.1, 0.15) is 29.8 Å². The van der Waals surface area contributed by atoms with Gasteiger partial charge in [-0.25, -0.2) is 0 Å². The Morgan fingerprint density at radius 3 is 2.60 bits per heavy atom. The number of likely N-dealkylation sites (tertiary alicyclic amines) is 1. The standard InChI is InChI=1S/C19H27N3O3/c1-13(2)20-17(23)16-9-25-19(10-21(16)4)11-22(12-19)18(24)15-7-5-6-14(3)8-15/h5-8,13,16H,9-12H2,1-4H3,(H,20,23)/t16-/m0/s1. The summed E-state index contributed by atoms with van der Waals surface area (Å²) >= 11 is 0. The molecular formula is C19H27N3O3. The number of nitrogens with zero attached hydrogens (tertiary/aromatic N) is 2. The number of carbonyl (C=O) groups excluding carboxylic acids is 2. The van der Waals surface area contributed by atoms with Crippen LogP contribution in [0.25, 0.3) is 0 Å². The van der Waals surface area contributed by atoms with Crippen molar-refractivity contribution >= 4 is 11.8 Å². The molecule has 2 aliphatic heterocycles. The molecule has 6 nitrogen and oxygen atoms in total. The maximum Gasteiger partial charge on any atom is 0.254 e. The van der Waals surface area contributed by atoms with Crippen LogP contribution in [0.15, 0.2) is 24.3 Å². The lowest BCUT2D eigenvalue weighted by molar-refractivity contribution is -0.187. The van der Waals surface area contributed by atoms with Gasteiger partial charge in [-0.2, -0.15) is 0 Å². The average Bonchev–Trinajstić information content (AvgIpc) is 2.51. The van der Waals surface area contributed by atoms with E-state index in [0.29, 0.717) is 31.8 Å². The Kier molecular flexibility index (Phi) is 4.84. The highest BCUT2D eigenvalue weighted by molar-refractivity contribution is 5.95. The third-order valence-corrected chi connectivity index (χ3v) is 4.86. The van der Waals surface area contributed by atoms with Gasteiger partial charge < -0.3 is 15.0 Å². The second kappa shape index (κ2) is 6.77. The fourth-order valence-electron chi connectivity index (χ4n) is 3.59. The molecule has 3 rings (SSSR count). The van der Waals surface area contributed by atoms with Crippen LogP contribution in [0.4, 0.5) is 0 Å². The van der Waals surface area contributed by atoms with Crippen LogP contribution >= 0.6 is 0 Å². The molecule has 2 amide bonds. The minimum atomic E-state index is -0.344. The zero-order valence-electron chi connectivity index (χ0n) is 15.4. The molecule has 2 saturated heterocycles. The largest absolute Gasteiger partial charge is 0.368 e. The van der Waals surface area contributed by atoms with Crippen LogP contribution in [0.5, 0.6) is 0 Å². The molecule has 2 fully saturated rings. The number of hydrogen-bond acceptors (Lipinski definition) is 4. The average molecular weight is 345 g/mol. The molecule has 1 spiro atoms. The summed E-state index contributed by atoms with van der Waals surface area (Å²) in [6.45, 7) is 8.04. The number of rotatable bonds is 3. The van der Waals surface area contributed by atoms with E-state index in [2.05, 4.69) is 5.32 Å². The molecule has 0 saturated carbocycles. The lowest BCUT2D eigenvalue weighted by atomic mass is 9.89. The monoisotopic (exact) mass is 345 g/mol. The number of hydrogen-bond donors (Lipinski definition) is 1. The molecule has 136 valence electrons. The van der Waals surface area contributed by atoms with Crippen LogP contribution in [0.3, 0.4) is 0 Å². The molecule has 1 aromatic rings. The van der Waals surface area contributed by atoms with Crippen molar-refractivity contribution in [2.75, 3.05) is 33.3 Å². The van der Waals surface area contributed by atoms with Crippen molar-refractivity contribution in [3.63, 3.8) is 0 Å². The summed E-state index contributed by atoms with van der Waals surface area (Å²) in [7, 11) is 1.94. The molecule has 2 aliphatic rings. The molecule has 0 aromatic heterocycles. The van der Waals surface area contributed by atoms with Crippen molar-refractivity contribution in [2.45, 2.75) is 38.5 Å². The summed E-state index contributed by atoms with van der Waals surface area (Å²) in [5, 5.41) is 2.93. The predicted molar refractivity (Wildman–Crippen MR) is 95.5 cm³/mol.